The van der Waals surface area contributed by atoms with E-state index in [-0.39, 0.29) is 0 Å². The topological polar surface area (TPSA) is 32.3 Å². The van der Waals surface area contributed by atoms with Gasteiger partial charge in [0.2, 0.25) is 0 Å². The molecule has 0 radical (unpaired) electrons. The minimum atomic E-state index is 0.363. The van der Waals surface area contributed by atoms with Crippen LogP contribution in [0.25, 0.3) is 0 Å². The number of hydrogen-bond donors (Lipinski definition) is 2. The van der Waals surface area contributed by atoms with E-state index in [4.69, 9.17) is 5.11 Å². The van der Waals surface area contributed by atoms with Crippen LogP contribution in [0, 0.1) is 5.92 Å². The SMILES string of the molecule is OCCC1CCCC1NC1CSC1. The molecule has 2 rings (SSSR count). The zero-order chi connectivity index (χ0) is 9.10. The minimum absolute atomic E-state index is 0.363. The Morgan fingerprint density at radius 3 is 2.77 bits per heavy atom. The van der Waals surface area contributed by atoms with Crippen LogP contribution in [-0.2, 0) is 0 Å². The molecular weight excluding hydrogens is 182 g/mol. The van der Waals surface area contributed by atoms with E-state index in [1.165, 1.54) is 30.8 Å². The fourth-order valence-electron chi connectivity index (χ4n) is 2.40. The predicted molar refractivity (Wildman–Crippen MR) is 57.1 cm³/mol. The van der Waals surface area contributed by atoms with Crippen molar-refractivity contribution in [2.45, 2.75) is 37.8 Å². The fraction of sp³-hybridized carbons (Fsp3) is 1.00. The van der Waals surface area contributed by atoms with Crippen molar-refractivity contribution >= 4 is 11.8 Å². The van der Waals surface area contributed by atoms with Gasteiger partial charge in [-0.1, -0.05) is 6.42 Å². The van der Waals surface area contributed by atoms with Gasteiger partial charge >= 0.3 is 0 Å². The lowest BCUT2D eigenvalue weighted by Crippen LogP contribution is -2.47. The fourth-order valence-corrected chi connectivity index (χ4v) is 3.07. The maximum absolute atomic E-state index is 8.92. The summed E-state index contributed by atoms with van der Waals surface area (Å²) >= 11 is 2.03. The van der Waals surface area contributed by atoms with Crippen LogP contribution in [0.4, 0.5) is 0 Å². The molecule has 0 spiro atoms. The summed E-state index contributed by atoms with van der Waals surface area (Å²) in [6, 6.07) is 1.48. The molecule has 76 valence electrons. The maximum Gasteiger partial charge on any atom is 0.0434 e. The van der Waals surface area contributed by atoms with Crippen LogP contribution in [-0.4, -0.2) is 35.3 Å². The molecule has 1 aliphatic heterocycles. The van der Waals surface area contributed by atoms with E-state index in [9.17, 15) is 0 Å². The lowest BCUT2D eigenvalue weighted by molar-refractivity contribution is 0.238. The molecule has 0 amide bonds. The second kappa shape index (κ2) is 4.67. The van der Waals surface area contributed by atoms with Crippen molar-refractivity contribution < 1.29 is 5.11 Å². The van der Waals surface area contributed by atoms with Gasteiger partial charge in [0.25, 0.3) is 0 Å². The Labute approximate surface area is 84.5 Å². The number of aliphatic hydroxyl groups is 1. The zero-order valence-electron chi connectivity index (χ0n) is 8.04. The summed E-state index contributed by atoms with van der Waals surface area (Å²) in [5.41, 5.74) is 0. The predicted octanol–water partition coefficient (Wildman–Crippen LogP) is 1.24. The second-order valence-electron chi connectivity index (χ2n) is 4.21. The van der Waals surface area contributed by atoms with Gasteiger partial charge in [0.15, 0.2) is 0 Å². The van der Waals surface area contributed by atoms with Gasteiger partial charge in [-0.3, -0.25) is 0 Å². The molecule has 1 saturated carbocycles. The van der Waals surface area contributed by atoms with Gasteiger partial charge in [-0.25, -0.2) is 0 Å². The highest BCUT2D eigenvalue weighted by Gasteiger charge is 2.30. The Hall–Kier alpha value is 0.270. The van der Waals surface area contributed by atoms with E-state index >= 15 is 0 Å². The van der Waals surface area contributed by atoms with E-state index < -0.39 is 0 Å². The molecule has 0 aromatic carbocycles. The van der Waals surface area contributed by atoms with Gasteiger partial charge in [0.1, 0.15) is 0 Å². The molecule has 13 heavy (non-hydrogen) atoms. The van der Waals surface area contributed by atoms with Crippen LogP contribution in [0.5, 0.6) is 0 Å². The van der Waals surface area contributed by atoms with Crippen LogP contribution in [0.1, 0.15) is 25.7 Å². The van der Waals surface area contributed by atoms with Crippen molar-refractivity contribution in [3.8, 4) is 0 Å². The molecule has 0 aromatic rings. The summed E-state index contributed by atoms with van der Waals surface area (Å²) in [6.45, 7) is 0.363. The summed E-state index contributed by atoms with van der Waals surface area (Å²) in [7, 11) is 0. The molecular formula is C10H19NOS. The summed E-state index contributed by atoms with van der Waals surface area (Å²) in [4.78, 5) is 0. The highest BCUT2D eigenvalue weighted by molar-refractivity contribution is 8.00. The average Bonchev–Trinajstić information content (AvgIpc) is 2.46. The monoisotopic (exact) mass is 201 g/mol. The first-order valence-corrected chi connectivity index (χ1v) is 6.50. The Kier molecular flexibility index (Phi) is 3.52. The summed E-state index contributed by atoms with van der Waals surface area (Å²) in [5.74, 6) is 3.33. The normalized spacial score (nSPS) is 34.8. The Bertz CT molecular complexity index is 161. The second-order valence-corrected chi connectivity index (χ2v) is 5.29. The third-order valence-corrected chi connectivity index (χ3v) is 4.52. The number of hydrogen-bond acceptors (Lipinski definition) is 3. The van der Waals surface area contributed by atoms with Gasteiger partial charge in [0, 0.05) is 30.2 Å². The molecule has 2 N–H and O–H groups in total. The molecule has 0 aromatic heterocycles. The third kappa shape index (κ3) is 2.39. The van der Waals surface area contributed by atoms with Crippen molar-refractivity contribution in [2.75, 3.05) is 18.1 Å². The largest absolute Gasteiger partial charge is 0.396 e. The number of aliphatic hydroxyl groups excluding tert-OH is 1. The van der Waals surface area contributed by atoms with E-state index in [0.717, 1.165) is 18.4 Å². The molecule has 1 aliphatic carbocycles. The van der Waals surface area contributed by atoms with E-state index in [1.807, 2.05) is 11.8 Å². The van der Waals surface area contributed by atoms with Crippen LogP contribution < -0.4 is 5.32 Å². The maximum atomic E-state index is 8.92. The highest BCUT2D eigenvalue weighted by Crippen LogP contribution is 2.30. The molecule has 0 bridgehead atoms. The molecule has 3 heteroatoms. The smallest absolute Gasteiger partial charge is 0.0434 e. The number of rotatable bonds is 4. The van der Waals surface area contributed by atoms with Crippen LogP contribution in [0.2, 0.25) is 0 Å². The van der Waals surface area contributed by atoms with Gasteiger partial charge < -0.3 is 10.4 Å². The Balaban J connectivity index is 1.75. The first-order valence-electron chi connectivity index (χ1n) is 5.35. The van der Waals surface area contributed by atoms with Gasteiger partial charge in [-0.2, -0.15) is 11.8 Å². The number of thioether (sulfide) groups is 1. The minimum Gasteiger partial charge on any atom is -0.396 e. The van der Waals surface area contributed by atoms with Crippen LogP contribution in [0.3, 0.4) is 0 Å². The lowest BCUT2D eigenvalue weighted by atomic mass is 9.99. The van der Waals surface area contributed by atoms with Gasteiger partial charge in [-0.15, -0.1) is 0 Å². The molecule has 2 nitrogen and oxygen atoms in total. The number of nitrogens with one attached hydrogen (secondary N) is 1. The Morgan fingerprint density at radius 1 is 1.31 bits per heavy atom. The summed E-state index contributed by atoms with van der Waals surface area (Å²) in [5, 5.41) is 12.6. The molecule has 2 atom stereocenters. The van der Waals surface area contributed by atoms with Crippen LogP contribution >= 0.6 is 11.8 Å². The molecule has 2 fully saturated rings. The average molecular weight is 201 g/mol. The first kappa shape index (κ1) is 9.81. The van der Waals surface area contributed by atoms with Crippen molar-refractivity contribution in [1.29, 1.82) is 0 Å². The summed E-state index contributed by atoms with van der Waals surface area (Å²) in [6.07, 6.45) is 4.99. The van der Waals surface area contributed by atoms with E-state index in [2.05, 4.69) is 5.32 Å². The van der Waals surface area contributed by atoms with E-state index in [1.54, 1.807) is 0 Å². The van der Waals surface area contributed by atoms with Crippen molar-refractivity contribution in [3.63, 3.8) is 0 Å². The van der Waals surface area contributed by atoms with Crippen LogP contribution in [0.15, 0.2) is 0 Å². The van der Waals surface area contributed by atoms with Crippen molar-refractivity contribution in [1.82, 2.24) is 5.32 Å². The molecule has 2 aliphatic rings. The quantitative estimate of drug-likeness (QED) is 0.718. The van der Waals surface area contributed by atoms with Gasteiger partial charge in [-0.05, 0) is 25.2 Å². The van der Waals surface area contributed by atoms with E-state index in [0.29, 0.717) is 12.6 Å². The standard InChI is InChI=1S/C10H19NOS/c12-5-4-8-2-1-3-10(8)11-9-6-13-7-9/h8-12H,1-7H2. The third-order valence-electron chi connectivity index (χ3n) is 3.25. The summed E-state index contributed by atoms with van der Waals surface area (Å²) < 4.78 is 0. The molecule has 2 unspecified atom stereocenters. The highest BCUT2D eigenvalue weighted by atomic mass is 32.2. The first-order chi connectivity index (χ1) is 6.40. The van der Waals surface area contributed by atoms with Gasteiger partial charge in [0.05, 0.1) is 0 Å². The lowest BCUT2D eigenvalue weighted by Gasteiger charge is -2.32. The van der Waals surface area contributed by atoms with Crippen molar-refractivity contribution in [2.24, 2.45) is 5.92 Å². The Morgan fingerprint density at radius 2 is 2.15 bits per heavy atom. The van der Waals surface area contributed by atoms with Crippen molar-refractivity contribution in [3.05, 3.63) is 0 Å². The molecule has 1 saturated heterocycles. The zero-order valence-corrected chi connectivity index (χ0v) is 8.85. The molecule has 1 heterocycles.